The van der Waals surface area contributed by atoms with E-state index < -0.39 is 23.4 Å². The van der Waals surface area contributed by atoms with Crippen LogP contribution in [0.2, 0.25) is 0 Å². The number of amides is 2. The Bertz CT molecular complexity index is 688. The van der Waals surface area contributed by atoms with Gasteiger partial charge in [0.25, 0.3) is 0 Å². The van der Waals surface area contributed by atoms with Gasteiger partial charge in [0.15, 0.2) is 0 Å². The van der Waals surface area contributed by atoms with Crippen molar-refractivity contribution in [2.75, 3.05) is 5.32 Å². The van der Waals surface area contributed by atoms with Gasteiger partial charge in [-0.2, -0.15) is 0 Å². The Morgan fingerprint density at radius 3 is 2.71 bits per heavy atom. The lowest BCUT2D eigenvalue weighted by molar-refractivity contribution is -0.136. The Morgan fingerprint density at radius 1 is 1.29 bits per heavy atom. The third-order valence-corrected chi connectivity index (χ3v) is 3.39. The van der Waals surface area contributed by atoms with E-state index in [1.54, 1.807) is 6.20 Å². The number of carbonyl (C=O) groups is 2. The molecule has 2 N–H and O–H groups in total. The maximum absolute atomic E-state index is 13.3. The molecule has 1 aromatic heterocycles. The van der Waals surface area contributed by atoms with Crippen LogP contribution < -0.4 is 10.6 Å². The Kier molecular flexibility index (Phi) is 4.59. The van der Waals surface area contributed by atoms with Crippen molar-refractivity contribution < 1.29 is 18.4 Å². The highest BCUT2D eigenvalue weighted by atomic mass is 32.1. The molecule has 0 aliphatic carbocycles. The topological polar surface area (TPSA) is 71.1 Å². The number of nitrogens with zero attached hydrogens (tertiary/aromatic N) is 1. The number of hydrogen-bond donors (Lipinski definition) is 2. The zero-order valence-corrected chi connectivity index (χ0v) is 11.8. The molecule has 1 heterocycles. The second kappa shape index (κ2) is 6.40. The summed E-state index contributed by atoms with van der Waals surface area (Å²) in [6, 6.07) is 2.58. The van der Waals surface area contributed by atoms with E-state index in [1.165, 1.54) is 11.3 Å². The highest BCUT2D eigenvalue weighted by molar-refractivity contribution is 7.11. The number of anilines is 1. The highest BCUT2D eigenvalue weighted by Gasteiger charge is 2.16. The summed E-state index contributed by atoms with van der Waals surface area (Å²) in [7, 11) is 0. The van der Waals surface area contributed by atoms with Crippen LogP contribution in [-0.2, 0) is 16.1 Å². The summed E-state index contributed by atoms with van der Waals surface area (Å²) in [5.74, 6) is -3.55. The van der Waals surface area contributed by atoms with E-state index in [0.29, 0.717) is 0 Å². The molecule has 0 spiro atoms. The van der Waals surface area contributed by atoms with Crippen LogP contribution in [0.1, 0.15) is 9.88 Å². The minimum absolute atomic E-state index is 0.142. The van der Waals surface area contributed by atoms with Gasteiger partial charge in [-0.15, -0.1) is 11.3 Å². The Labute approximate surface area is 123 Å². The fourth-order valence-corrected chi connectivity index (χ4v) is 2.24. The monoisotopic (exact) mass is 311 g/mol. The zero-order valence-electron chi connectivity index (χ0n) is 10.9. The van der Waals surface area contributed by atoms with Gasteiger partial charge >= 0.3 is 11.8 Å². The van der Waals surface area contributed by atoms with Gasteiger partial charge < -0.3 is 10.6 Å². The van der Waals surface area contributed by atoms with Crippen LogP contribution in [0, 0.1) is 18.6 Å². The van der Waals surface area contributed by atoms with Crippen molar-refractivity contribution in [1.29, 1.82) is 0 Å². The molecular formula is C13H11F2N3O2S. The number of carbonyl (C=O) groups excluding carboxylic acids is 2. The summed E-state index contributed by atoms with van der Waals surface area (Å²) in [4.78, 5) is 27.9. The third-order valence-electron chi connectivity index (χ3n) is 2.48. The molecule has 8 heteroatoms. The van der Waals surface area contributed by atoms with Gasteiger partial charge in [0.05, 0.1) is 17.2 Å². The van der Waals surface area contributed by atoms with Gasteiger partial charge in [-0.1, -0.05) is 0 Å². The lowest BCUT2D eigenvalue weighted by Crippen LogP contribution is -2.35. The van der Waals surface area contributed by atoms with Crippen molar-refractivity contribution in [1.82, 2.24) is 10.3 Å². The molecule has 1 aromatic carbocycles. The van der Waals surface area contributed by atoms with Crippen molar-refractivity contribution >= 4 is 28.8 Å². The normalized spacial score (nSPS) is 10.2. The summed E-state index contributed by atoms with van der Waals surface area (Å²) in [6.07, 6.45) is 1.59. The first-order valence-electron chi connectivity index (χ1n) is 5.91. The SMILES string of the molecule is Cc1ncc(CNC(=O)C(=O)Nc2cc(F)ccc2F)s1. The zero-order chi connectivity index (χ0) is 15.4. The van der Waals surface area contributed by atoms with Crippen molar-refractivity contribution in [3.05, 3.63) is 45.9 Å². The molecule has 5 nitrogen and oxygen atoms in total. The lowest BCUT2D eigenvalue weighted by Gasteiger charge is -2.06. The van der Waals surface area contributed by atoms with Gasteiger partial charge in [-0.25, -0.2) is 13.8 Å². The smallest absolute Gasteiger partial charge is 0.313 e. The molecule has 0 aliphatic rings. The van der Waals surface area contributed by atoms with Crippen LogP contribution >= 0.6 is 11.3 Å². The molecule has 2 amide bonds. The second-order valence-electron chi connectivity index (χ2n) is 4.11. The van der Waals surface area contributed by atoms with Crippen molar-refractivity contribution in [3.8, 4) is 0 Å². The van der Waals surface area contributed by atoms with Crippen molar-refractivity contribution in [2.24, 2.45) is 0 Å². The van der Waals surface area contributed by atoms with Crippen LogP contribution in [0.4, 0.5) is 14.5 Å². The van der Waals surface area contributed by atoms with Gasteiger partial charge in [0.1, 0.15) is 11.6 Å². The van der Waals surface area contributed by atoms with Gasteiger partial charge in [0.2, 0.25) is 0 Å². The summed E-state index contributed by atoms with van der Waals surface area (Å²) in [5, 5.41) is 5.22. The minimum atomic E-state index is -1.07. The van der Waals surface area contributed by atoms with E-state index in [2.05, 4.69) is 10.3 Å². The second-order valence-corrected chi connectivity index (χ2v) is 5.43. The van der Waals surface area contributed by atoms with E-state index in [0.717, 1.165) is 28.1 Å². The van der Waals surface area contributed by atoms with Gasteiger partial charge in [-0.3, -0.25) is 9.59 Å². The quantitative estimate of drug-likeness (QED) is 0.852. The predicted octanol–water partition coefficient (Wildman–Crippen LogP) is 1.98. The predicted molar refractivity (Wildman–Crippen MR) is 73.7 cm³/mol. The average molecular weight is 311 g/mol. The molecule has 2 rings (SSSR count). The number of aryl methyl sites for hydroxylation is 1. The number of thiazole rings is 1. The molecule has 0 atom stereocenters. The van der Waals surface area contributed by atoms with E-state index in [-0.39, 0.29) is 12.2 Å². The lowest BCUT2D eigenvalue weighted by atomic mass is 10.3. The van der Waals surface area contributed by atoms with E-state index in [4.69, 9.17) is 0 Å². The average Bonchev–Trinajstić information content (AvgIpc) is 2.86. The number of aromatic nitrogens is 1. The van der Waals surface area contributed by atoms with Gasteiger partial charge in [0, 0.05) is 17.1 Å². The van der Waals surface area contributed by atoms with Crippen LogP contribution in [0.25, 0.3) is 0 Å². The summed E-state index contributed by atoms with van der Waals surface area (Å²) in [6.45, 7) is 1.96. The molecular weight excluding hydrogens is 300 g/mol. The number of halogens is 2. The molecule has 0 aliphatic heterocycles. The highest BCUT2D eigenvalue weighted by Crippen LogP contribution is 2.15. The molecule has 0 saturated heterocycles. The van der Waals surface area contributed by atoms with Crippen LogP contribution in [-0.4, -0.2) is 16.8 Å². The number of hydrogen-bond acceptors (Lipinski definition) is 4. The maximum Gasteiger partial charge on any atom is 0.313 e. The van der Waals surface area contributed by atoms with Crippen LogP contribution in [0.5, 0.6) is 0 Å². The minimum Gasteiger partial charge on any atom is -0.343 e. The van der Waals surface area contributed by atoms with E-state index in [1.807, 2.05) is 12.2 Å². The summed E-state index contributed by atoms with van der Waals surface area (Å²) >= 11 is 1.38. The van der Waals surface area contributed by atoms with Crippen LogP contribution in [0.15, 0.2) is 24.4 Å². The Balaban J connectivity index is 1.93. The molecule has 0 radical (unpaired) electrons. The first kappa shape index (κ1) is 15.0. The number of rotatable bonds is 3. The number of benzene rings is 1. The molecule has 0 unspecified atom stereocenters. The fraction of sp³-hybridized carbons (Fsp3) is 0.154. The van der Waals surface area contributed by atoms with E-state index >= 15 is 0 Å². The molecule has 2 aromatic rings. The van der Waals surface area contributed by atoms with Crippen molar-refractivity contribution in [3.63, 3.8) is 0 Å². The molecule has 0 saturated carbocycles. The first-order chi connectivity index (χ1) is 9.95. The molecule has 0 bridgehead atoms. The van der Waals surface area contributed by atoms with Crippen LogP contribution in [0.3, 0.4) is 0 Å². The summed E-state index contributed by atoms with van der Waals surface area (Å²) in [5.41, 5.74) is -0.385. The Hall–Kier alpha value is -2.35. The molecule has 21 heavy (non-hydrogen) atoms. The first-order valence-corrected chi connectivity index (χ1v) is 6.73. The molecule has 0 fully saturated rings. The standard InChI is InChI=1S/C13H11F2N3O2S/c1-7-16-5-9(21-7)6-17-12(19)13(20)18-11-4-8(14)2-3-10(11)15/h2-5H,6H2,1H3,(H,17,19)(H,18,20). The Morgan fingerprint density at radius 2 is 2.05 bits per heavy atom. The van der Waals surface area contributed by atoms with Gasteiger partial charge in [-0.05, 0) is 19.1 Å². The fourth-order valence-electron chi connectivity index (χ4n) is 1.51. The maximum atomic E-state index is 13.3. The largest absolute Gasteiger partial charge is 0.343 e. The summed E-state index contributed by atoms with van der Waals surface area (Å²) < 4.78 is 26.3. The molecule has 110 valence electrons. The third kappa shape index (κ3) is 4.06. The number of nitrogens with one attached hydrogen (secondary N) is 2. The van der Waals surface area contributed by atoms with E-state index in [9.17, 15) is 18.4 Å². The van der Waals surface area contributed by atoms with Crippen molar-refractivity contribution in [2.45, 2.75) is 13.5 Å².